The van der Waals surface area contributed by atoms with Gasteiger partial charge in [-0.05, 0) is 25.0 Å². The number of guanidine groups is 1. The van der Waals surface area contributed by atoms with E-state index in [4.69, 9.17) is 0 Å². The van der Waals surface area contributed by atoms with Crippen LogP contribution < -0.4 is 10.6 Å². The number of hydrogen-bond acceptors (Lipinski definition) is 4. The second kappa shape index (κ2) is 10.2. The highest BCUT2D eigenvalue weighted by Crippen LogP contribution is 2.16. The first-order chi connectivity index (χ1) is 12.7. The average molecular weight is 483 g/mol. The van der Waals surface area contributed by atoms with Crippen LogP contribution in [0.15, 0.2) is 35.6 Å². The second-order valence-electron chi connectivity index (χ2n) is 6.38. The number of nitrogens with one attached hydrogen (secondary N) is 3. The van der Waals surface area contributed by atoms with E-state index < -0.39 is 0 Å². The molecule has 0 saturated carbocycles. The molecule has 0 spiro atoms. The lowest BCUT2D eigenvalue weighted by Gasteiger charge is -2.31. The van der Waals surface area contributed by atoms with E-state index in [0.29, 0.717) is 19.5 Å². The van der Waals surface area contributed by atoms with Gasteiger partial charge in [-0.25, -0.2) is 9.98 Å². The number of hydrogen-bond donors (Lipinski definition) is 3. The number of carbonyl (C=O) groups excluding carboxylic acids is 1. The van der Waals surface area contributed by atoms with Crippen LogP contribution in [0.1, 0.15) is 25.3 Å². The first-order valence-corrected chi connectivity index (χ1v) is 8.89. The van der Waals surface area contributed by atoms with Crippen molar-refractivity contribution in [1.82, 2.24) is 30.7 Å². The number of nitrogens with zero attached hydrogens (tertiary/aromatic N) is 4. The molecular formula is C18H26IN7O. The Morgan fingerprint density at radius 3 is 3.00 bits per heavy atom. The number of aromatic nitrogens is 3. The number of rotatable bonds is 5. The number of likely N-dealkylation sites (tertiary alicyclic amines) is 1. The van der Waals surface area contributed by atoms with Gasteiger partial charge in [0.25, 0.3) is 0 Å². The number of carbonyl (C=O) groups is 1. The molecule has 1 aliphatic heterocycles. The van der Waals surface area contributed by atoms with Gasteiger partial charge in [-0.15, -0.1) is 24.0 Å². The average Bonchev–Trinajstić information content (AvgIpc) is 3.18. The molecule has 1 aliphatic rings. The Morgan fingerprint density at radius 2 is 2.30 bits per heavy atom. The first-order valence-electron chi connectivity index (χ1n) is 8.89. The van der Waals surface area contributed by atoms with Crippen LogP contribution in [-0.2, 0) is 11.3 Å². The summed E-state index contributed by atoms with van der Waals surface area (Å²) in [5.74, 6) is 1.72. The Labute approximate surface area is 176 Å². The highest BCUT2D eigenvalue weighted by molar-refractivity contribution is 14.0. The van der Waals surface area contributed by atoms with Crippen LogP contribution >= 0.6 is 24.0 Å². The van der Waals surface area contributed by atoms with Gasteiger partial charge in [-0.2, -0.15) is 5.10 Å². The molecule has 1 atom stereocenters. The van der Waals surface area contributed by atoms with Crippen molar-refractivity contribution < 1.29 is 4.79 Å². The van der Waals surface area contributed by atoms with Crippen LogP contribution in [0.4, 0.5) is 0 Å². The largest absolute Gasteiger partial charge is 0.357 e. The number of benzene rings is 1. The standard InChI is InChI=1S/C18H25N7O.HI/c1-3-19-18(23-15-7-8-16(26)25(2)11-15)20-10-13-5-4-6-14(9-13)17-21-12-22-24-17;/h4-6,9,12,15H,3,7-8,10-11H2,1-2H3,(H2,19,20,23)(H,21,22,24);1H. The Hall–Kier alpha value is -2.17. The Kier molecular flexibility index (Phi) is 8.01. The van der Waals surface area contributed by atoms with Crippen molar-refractivity contribution in [3.8, 4) is 11.4 Å². The van der Waals surface area contributed by atoms with Gasteiger partial charge in [-0.1, -0.05) is 18.2 Å². The lowest BCUT2D eigenvalue weighted by molar-refractivity contribution is -0.132. The molecule has 2 aromatic rings. The molecule has 0 bridgehead atoms. The van der Waals surface area contributed by atoms with Crippen molar-refractivity contribution in [2.75, 3.05) is 20.1 Å². The fraction of sp³-hybridized carbons (Fsp3) is 0.444. The molecule has 146 valence electrons. The molecular weight excluding hydrogens is 457 g/mol. The van der Waals surface area contributed by atoms with Crippen LogP contribution in [0, 0.1) is 0 Å². The maximum Gasteiger partial charge on any atom is 0.222 e. The maximum absolute atomic E-state index is 11.6. The van der Waals surface area contributed by atoms with Crippen LogP contribution in [0.2, 0.25) is 0 Å². The third-order valence-electron chi connectivity index (χ3n) is 4.35. The highest BCUT2D eigenvalue weighted by atomic mass is 127. The molecule has 3 N–H and O–H groups in total. The molecule has 8 nitrogen and oxygen atoms in total. The second-order valence-corrected chi connectivity index (χ2v) is 6.38. The number of likely N-dealkylation sites (N-methyl/N-ethyl adjacent to an activating group) is 1. The predicted molar refractivity (Wildman–Crippen MR) is 116 cm³/mol. The number of piperidine rings is 1. The minimum Gasteiger partial charge on any atom is -0.357 e. The fourth-order valence-electron chi connectivity index (χ4n) is 2.98. The van der Waals surface area contributed by atoms with Crippen molar-refractivity contribution in [2.45, 2.75) is 32.4 Å². The number of amides is 1. The minimum atomic E-state index is 0. The van der Waals surface area contributed by atoms with Gasteiger partial charge in [0.2, 0.25) is 5.91 Å². The summed E-state index contributed by atoms with van der Waals surface area (Å²) in [5.41, 5.74) is 2.08. The highest BCUT2D eigenvalue weighted by Gasteiger charge is 2.23. The van der Waals surface area contributed by atoms with Crippen molar-refractivity contribution in [2.24, 2.45) is 4.99 Å². The molecule has 1 saturated heterocycles. The summed E-state index contributed by atoms with van der Waals surface area (Å²) in [5, 5.41) is 13.5. The van der Waals surface area contributed by atoms with Crippen LogP contribution in [-0.4, -0.2) is 58.1 Å². The lowest BCUT2D eigenvalue weighted by Crippen LogP contribution is -2.51. The van der Waals surface area contributed by atoms with E-state index in [0.717, 1.165) is 35.9 Å². The lowest BCUT2D eigenvalue weighted by atomic mass is 10.1. The van der Waals surface area contributed by atoms with E-state index in [1.807, 2.05) is 32.2 Å². The molecule has 9 heteroatoms. The van der Waals surface area contributed by atoms with Crippen molar-refractivity contribution in [1.29, 1.82) is 0 Å². The summed E-state index contributed by atoms with van der Waals surface area (Å²) in [7, 11) is 1.84. The van der Waals surface area contributed by atoms with E-state index in [9.17, 15) is 4.79 Å². The maximum atomic E-state index is 11.6. The normalized spacial score (nSPS) is 17.4. The monoisotopic (exact) mass is 483 g/mol. The zero-order valence-electron chi connectivity index (χ0n) is 15.6. The van der Waals surface area contributed by atoms with Gasteiger partial charge < -0.3 is 15.5 Å². The van der Waals surface area contributed by atoms with E-state index in [-0.39, 0.29) is 35.9 Å². The van der Waals surface area contributed by atoms with E-state index >= 15 is 0 Å². The molecule has 27 heavy (non-hydrogen) atoms. The van der Waals surface area contributed by atoms with Gasteiger partial charge in [0.05, 0.1) is 6.54 Å². The first kappa shape index (κ1) is 21.1. The Morgan fingerprint density at radius 1 is 1.44 bits per heavy atom. The van der Waals surface area contributed by atoms with Crippen molar-refractivity contribution in [3.63, 3.8) is 0 Å². The van der Waals surface area contributed by atoms with Gasteiger partial charge in [0.1, 0.15) is 6.33 Å². The molecule has 0 aliphatic carbocycles. The zero-order chi connectivity index (χ0) is 18.4. The summed E-state index contributed by atoms with van der Waals surface area (Å²) in [4.78, 5) is 22.3. The van der Waals surface area contributed by atoms with Gasteiger partial charge >= 0.3 is 0 Å². The van der Waals surface area contributed by atoms with Gasteiger partial charge in [0, 0.05) is 38.2 Å². The SMILES string of the molecule is CCNC(=NCc1cccc(-c2ncn[nH]2)c1)NC1CCC(=O)N(C)C1.I. The summed E-state index contributed by atoms with van der Waals surface area (Å²) in [6.45, 7) is 4.08. The van der Waals surface area contributed by atoms with Gasteiger partial charge in [-0.3, -0.25) is 9.89 Å². The summed E-state index contributed by atoms with van der Waals surface area (Å²) in [6.07, 6.45) is 2.90. The van der Waals surface area contributed by atoms with Crippen molar-refractivity contribution in [3.05, 3.63) is 36.2 Å². The number of aromatic amines is 1. The molecule has 1 aromatic heterocycles. The third kappa shape index (κ3) is 5.91. The third-order valence-corrected chi connectivity index (χ3v) is 4.35. The number of halogens is 1. The molecule has 3 rings (SSSR count). The minimum absolute atomic E-state index is 0. The van der Waals surface area contributed by atoms with E-state index in [1.54, 1.807) is 4.90 Å². The molecule has 1 aromatic carbocycles. The molecule has 1 unspecified atom stereocenters. The summed E-state index contributed by atoms with van der Waals surface area (Å²) >= 11 is 0. The van der Waals surface area contributed by atoms with Gasteiger partial charge in [0.15, 0.2) is 11.8 Å². The quantitative estimate of drug-likeness (QED) is 0.342. The summed E-state index contributed by atoms with van der Waals surface area (Å²) < 4.78 is 0. The Bertz CT molecular complexity index is 763. The fourth-order valence-corrected chi connectivity index (χ4v) is 2.98. The van der Waals surface area contributed by atoms with Crippen LogP contribution in [0.3, 0.4) is 0 Å². The smallest absolute Gasteiger partial charge is 0.222 e. The predicted octanol–water partition coefficient (Wildman–Crippen LogP) is 1.77. The van der Waals surface area contributed by atoms with E-state index in [1.165, 1.54) is 6.33 Å². The molecule has 2 heterocycles. The van der Waals surface area contributed by atoms with Crippen LogP contribution in [0.5, 0.6) is 0 Å². The molecule has 1 fully saturated rings. The number of H-pyrrole nitrogens is 1. The van der Waals surface area contributed by atoms with E-state index in [2.05, 4.69) is 36.9 Å². The topological polar surface area (TPSA) is 98.3 Å². The molecule has 1 amide bonds. The van der Waals surface area contributed by atoms with Crippen LogP contribution in [0.25, 0.3) is 11.4 Å². The van der Waals surface area contributed by atoms with Crippen molar-refractivity contribution >= 4 is 35.8 Å². The summed E-state index contributed by atoms with van der Waals surface area (Å²) in [6, 6.07) is 8.30. The zero-order valence-corrected chi connectivity index (χ0v) is 17.9. The Balaban J connectivity index is 0.00000261. The molecule has 0 radical (unpaired) electrons. The number of aliphatic imine (C=N–C) groups is 1.